The molecule has 0 spiro atoms. The van der Waals surface area contributed by atoms with Gasteiger partial charge in [-0.3, -0.25) is 9.89 Å². The minimum Gasteiger partial charge on any atom is -0.369 e. The average molecular weight is 167 g/mol. The molecular formula is C8H13N3O. The third-order valence-electron chi connectivity index (χ3n) is 1.86. The van der Waals surface area contributed by atoms with E-state index in [-0.39, 0.29) is 5.91 Å². The maximum atomic E-state index is 10.9. The largest absolute Gasteiger partial charge is 0.369 e. The first-order valence-electron chi connectivity index (χ1n) is 3.80. The van der Waals surface area contributed by atoms with Gasteiger partial charge in [0.15, 0.2) is 0 Å². The van der Waals surface area contributed by atoms with Crippen LogP contribution in [0.2, 0.25) is 0 Å². The normalized spacial score (nSPS) is 11.5. The number of H-pyrrole nitrogens is 1. The molecule has 1 aromatic heterocycles. The van der Waals surface area contributed by atoms with E-state index in [2.05, 4.69) is 10.2 Å². The molecule has 12 heavy (non-hydrogen) atoms. The van der Waals surface area contributed by atoms with Crippen molar-refractivity contribution < 1.29 is 4.79 Å². The number of aromatic amines is 1. The van der Waals surface area contributed by atoms with Gasteiger partial charge in [-0.1, -0.05) is 13.8 Å². The van der Waals surface area contributed by atoms with Gasteiger partial charge in [-0.05, 0) is 6.07 Å². The maximum Gasteiger partial charge on any atom is 0.223 e. The molecule has 0 bridgehead atoms. The number of amides is 1. The van der Waals surface area contributed by atoms with Crippen LogP contribution in [0.25, 0.3) is 0 Å². The van der Waals surface area contributed by atoms with Crippen LogP contribution in [0.15, 0.2) is 12.3 Å². The van der Waals surface area contributed by atoms with Crippen molar-refractivity contribution in [1.29, 1.82) is 0 Å². The Kier molecular flexibility index (Phi) is 2.17. The maximum absolute atomic E-state index is 10.9. The van der Waals surface area contributed by atoms with E-state index in [4.69, 9.17) is 5.73 Å². The van der Waals surface area contributed by atoms with E-state index >= 15 is 0 Å². The lowest BCUT2D eigenvalue weighted by Gasteiger charge is -2.18. The summed E-state index contributed by atoms with van der Waals surface area (Å²) >= 11 is 0. The number of carbonyl (C=O) groups excluding carboxylic acids is 1. The molecule has 0 fully saturated rings. The molecule has 3 N–H and O–H groups in total. The number of aromatic nitrogens is 2. The number of nitrogens with zero attached hydrogens (tertiary/aromatic N) is 1. The van der Waals surface area contributed by atoms with Gasteiger partial charge in [-0.2, -0.15) is 5.10 Å². The van der Waals surface area contributed by atoms with Gasteiger partial charge in [-0.15, -0.1) is 0 Å². The molecule has 4 heteroatoms. The van der Waals surface area contributed by atoms with Gasteiger partial charge in [0.25, 0.3) is 0 Å². The van der Waals surface area contributed by atoms with Gasteiger partial charge < -0.3 is 5.73 Å². The van der Waals surface area contributed by atoms with Crippen LogP contribution in [-0.4, -0.2) is 16.1 Å². The van der Waals surface area contributed by atoms with Gasteiger partial charge in [0.2, 0.25) is 5.91 Å². The Balaban J connectivity index is 2.69. The molecule has 66 valence electrons. The fourth-order valence-corrected chi connectivity index (χ4v) is 0.946. The van der Waals surface area contributed by atoms with Crippen molar-refractivity contribution in [2.75, 3.05) is 0 Å². The third kappa shape index (κ3) is 1.84. The summed E-state index contributed by atoms with van der Waals surface area (Å²) in [7, 11) is 0. The predicted molar refractivity (Wildman–Crippen MR) is 45.3 cm³/mol. The van der Waals surface area contributed by atoms with Crippen LogP contribution in [0.4, 0.5) is 0 Å². The van der Waals surface area contributed by atoms with E-state index < -0.39 is 5.41 Å². The number of rotatable bonds is 3. The van der Waals surface area contributed by atoms with E-state index in [1.165, 1.54) is 0 Å². The fraction of sp³-hybridized carbons (Fsp3) is 0.500. The van der Waals surface area contributed by atoms with Crippen LogP contribution in [0, 0.1) is 5.41 Å². The molecule has 0 saturated heterocycles. The van der Waals surface area contributed by atoms with E-state index in [1.54, 1.807) is 6.20 Å². The topological polar surface area (TPSA) is 71.8 Å². The zero-order valence-corrected chi connectivity index (χ0v) is 7.29. The van der Waals surface area contributed by atoms with Crippen molar-refractivity contribution in [3.05, 3.63) is 18.0 Å². The summed E-state index contributed by atoms with van der Waals surface area (Å²) in [5.41, 5.74) is 5.64. The minimum atomic E-state index is -0.507. The lowest BCUT2D eigenvalue weighted by molar-refractivity contribution is -0.125. The number of hydrogen-bond acceptors (Lipinski definition) is 2. The monoisotopic (exact) mass is 167 g/mol. The van der Waals surface area contributed by atoms with E-state index in [0.29, 0.717) is 6.42 Å². The van der Waals surface area contributed by atoms with Crippen LogP contribution >= 0.6 is 0 Å². The zero-order chi connectivity index (χ0) is 9.19. The smallest absolute Gasteiger partial charge is 0.223 e. The fourth-order valence-electron chi connectivity index (χ4n) is 0.946. The zero-order valence-electron chi connectivity index (χ0n) is 7.29. The number of nitrogens with one attached hydrogen (secondary N) is 1. The lowest BCUT2D eigenvalue weighted by Crippen LogP contribution is -2.33. The molecule has 4 nitrogen and oxygen atoms in total. The second-order valence-corrected chi connectivity index (χ2v) is 3.51. The molecule has 0 aliphatic rings. The third-order valence-corrected chi connectivity index (χ3v) is 1.86. The molecule has 1 rings (SSSR count). The van der Waals surface area contributed by atoms with Gasteiger partial charge in [0.1, 0.15) is 0 Å². The number of hydrogen-bond donors (Lipinski definition) is 2. The summed E-state index contributed by atoms with van der Waals surface area (Å²) in [4.78, 5) is 10.9. The first-order chi connectivity index (χ1) is 5.52. The number of nitrogens with two attached hydrogens (primary N) is 1. The Morgan fingerprint density at radius 1 is 1.75 bits per heavy atom. The van der Waals surface area contributed by atoms with Crippen LogP contribution in [-0.2, 0) is 11.2 Å². The molecular weight excluding hydrogens is 154 g/mol. The van der Waals surface area contributed by atoms with Gasteiger partial charge in [0.05, 0.1) is 0 Å². The van der Waals surface area contributed by atoms with E-state index in [0.717, 1.165) is 5.69 Å². The Morgan fingerprint density at radius 2 is 2.42 bits per heavy atom. The van der Waals surface area contributed by atoms with Crippen LogP contribution < -0.4 is 5.73 Å². The molecule has 0 aromatic carbocycles. The molecule has 0 aliphatic heterocycles. The van der Waals surface area contributed by atoms with E-state index in [9.17, 15) is 4.79 Å². The summed E-state index contributed by atoms with van der Waals surface area (Å²) in [5, 5.41) is 6.58. The minimum absolute atomic E-state index is 0.294. The van der Waals surface area contributed by atoms with Crippen molar-refractivity contribution in [1.82, 2.24) is 10.2 Å². The number of carbonyl (C=O) groups is 1. The SMILES string of the molecule is CC(C)(Cc1ccn[nH]1)C(N)=O. The highest BCUT2D eigenvalue weighted by Crippen LogP contribution is 2.19. The highest BCUT2D eigenvalue weighted by Gasteiger charge is 2.25. The Labute approximate surface area is 71.2 Å². The van der Waals surface area contributed by atoms with Crippen LogP contribution in [0.3, 0.4) is 0 Å². The first kappa shape index (κ1) is 8.77. The summed E-state index contributed by atoms with van der Waals surface area (Å²) in [5.74, 6) is -0.294. The summed E-state index contributed by atoms with van der Waals surface area (Å²) in [6.45, 7) is 3.63. The highest BCUT2D eigenvalue weighted by atomic mass is 16.1. The van der Waals surface area contributed by atoms with Gasteiger partial charge >= 0.3 is 0 Å². The van der Waals surface area contributed by atoms with Crippen molar-refractivity contribution in [2.45, 2.75) is 20.3 Å². The first-order valence-corrected chi connectivity index (χ1v) is 3.80. The molecule has 0 saturated carbocycles. The molecule has 1 heterocycles. The summed E-state index contributed by atoms with van der Waals surface area (Å²) in [6, 6.07) is 1.84. The quantitative estimate of drug-likeness (QED) is 0.686. The predicted octanol–water partition coefficient (Wildman–Crippen LogP) is 0.464. The molecule has 1 amide bonds. The summed E-state index contributed by atoms with van der Waals surface area (Å²) in [6.07, 6.45) is 2.26. The molecule has 0 aliphatic carbocycles. The molecule has 1 aromatic rings. The number of primary amides is 1. The molecule has 0 unspecified atom stereocenters. The summed E-state index contributed by atoms with van der Waals surface area (Å²) < 4.78 is 0. The lowest BCUT2D eigenvalue weighted by atomic mass is 9.87. The van der Waals surface area contributed by atoms with Crippen LogP contribution in [0.1, 0.15) is 19.5 Å². The Morgan fingerprint density at radius 3 is 2.83 bits per heavy atom. The van der Waals surface area contributed by atoms with Crippen LogP contribution in [0.5, 0.6) is 0 Å². The van der Waals surface area contributed by atoms with Gasteiger partial charge in [-0.25, -0.2) is 0 Å². The second-order valence-electron chi connectivity index (χ2n) is 3.51. The Bertz CT molecular complexity index is 264. The van der Waals surface area contributed by atoms with Crippen molar-refractivity contribution in [2.24, 2.45) is 11.1 Å². The molecule has 0 radical (unpaired) electrons. The molecule has 0 atom stereocenters. The van der Waals surface area contributed by atoms with Crippen molar-refractivity contribution in [3.8, 4) is 0 Å². The van der Waals surface area contributed by atoms with E-state index in [1.807, 2.05) is 19.9 Å². The highest BCUT2D eigenvalue weighted by molar-refractivity contribution is 5.80. The standard InChI is InChI=1S/C8H13N3O/c1-8(2,7(9)12)5-6-3-4-10-11-6/h3-4H,5H2,1-2H3,(H2,9,12)(H,10,11). The van der Waals surface area contributed by atoms with Gasteiger partial charge in [0, 0.05) is 23.7 Å². The second kappa shape index (κ2) is 2.97. The average Bonchev–Trinajstić information content (AvgIpc) is 2.38. The van der Waals surface area contributed by atoms with Crippen molar-refractivity contribution >= 4 is 5.91 Å². The Hall–Kier alpha value is -1.32. The van der Waals surface area contributed by atoms with Crippen molar-refractivity contribution in [3.63, 3.8) is 0 Å².